The Balaban J connectivity index is 0.704. The van der Waals surface area contributed by atoms with Gasteiger partial charge in [0.2, 0.25) is 0 Å². The second-order valence-corrected chi connectivity index (χ2v) is 17.6. The van der Waals surface area contributed by atoms with Crippen LogP contribution in [0.5, 0.6) is 23.0 Å². The molecule has 6 unspecified atom stereocenters. The first-order chi connectivity index (χ1) is 30.6. The van der Waals surface area contributed by atoms with Gasteiger partial charge in [-0.15, -0.1) is 0 Å². The van der Waals surface area contributed by atoms with Crippen molar-refractivity contribution in [1.29, 1.82) is 0 Å². The molecule has 8 rings (SSSR count). The Morgan fingerprint density at radius 1 is 0.468 bits per heavy atom. The fourth-order valence-corrected chi connectivity index (χ4v) is 8.58. The van der Waals surface area contributed by atoms with E-state index in [1.54, 1.807) is 60.7 Å². The van der Waals surface area contributed by atoms with Gasteiger partial charge in [-0.25, -0.2) is 9.59 Å². The molecule has 332 valence electrons. The molecule has 0 saturated carbocycles. The summed E-state index contributed by atoms with van der Waals surface area (Å²) < 4.78 is 45.6. The second-order valence-electron chi connectivity index (χ2n) is 17.6. The van der Waals surface area contributed by atoms with E-state index in [0.717, 1.165) is 63.6 Å². The van der Waals surface area contributed by atoms with E-state index in [0.29, 0.717) is 82.9 Å². The van der Waals surface area contributed by atoms with Crippen LogP contribution in [0.25, 0.3) is 10.8 Å². The van der Waals surface area contributed by atoms with Crippen molar-refractivity contribution in [3.8, 4) is 23.0 Å². The van der Waals surface area contributed by atoms with Gasteiger partial charge in [-0.2, -0.15) is 0 Å². The zero-order chi connectivity index (χ0) is 42.4. The fraction of sp³-hybridized carbons (Fsp3) is 0.538. The van der Waals surface area contributed by atoms with Crippen molar-refractivity contribution < 1.29 is 47.5 Å². The maximum absolute atomic E-state index is 13.2. The summed E-state index contributed by atoms with van der Waals surface area (Å²) in [4.78, 5) is 26.4. The van der Waals surface area contributed by atoms with Crippen molar-refractivity contribution in [3.05, 3.63) is 96.1 Å². The molecule has 0 amide bonds. The third-order valence-corrected chi connectivity index (χ3v) is 12.6. The van der Waals surface area contributed by atoms with Gasteiger partial charge in [0.15, 0.2) is 0 Å². The molecule has 0 bridgehead atoms. The van der Waals surface area contributed by atoms with E-state index in [1.165, 1.54) is 77.0 Å². The first-order valence-electron chi connectivity index (χ1n) is 23.4. The maximum Gasteiger partial charge on any atom is 0.343 e. The lowest BCUT2D eigenvalue weighted by molar-refractivity contribution is 0.0723. The van der Waals surface area contributed by atoms with Gasteiger partial charge < -0.3 is 37.9 Å². The van der Waals surface area contributed by atoms with Crippen LogP contribution in [0.15, 0.2) is 84.9 Å². The Bertz CT molecular complexity index is 1850. The first kappa shape index (κ1) is 44.1. The lowest BCUT2D eigenvalue weighted by Gasteiger charge is -2.13. The van der Waals surface area contributed by atoms with Gasteiger partial charge in [0.1, 0.15) is 23.0 Å². The molecule has 4 aromatic carbocycles. The Morgan fingerprint density at radius 2 is 0.839 bits per heavy atom. The largest absolute Gasteiger partial charge is 0.494 e. The van der Waals surface area contributed by atoms with Crippen LogP contribution in [0, 0.1) is 11.8 Å². The zero-order valence-corrected chi connectivity index (χ0v) is 36.2. The molecule has 10 heteroatoms. The normalized spacial score (nSPS) is 20.6. The number of rotatable bonds is 30. The predicted octanol–water partition coefficient (Wildman–Crippen LogP) is 11.1. The summed E-state index contributed by atoms with van der Waals surface area (Å²) >= 11 is 0. The number of ether oxygens (including phenoxy) is 8. The van der Waals surface area contributed by atoms with Crippen molar-refractivity contribution in [1.82, 2.24) is 0 Å². The van der Waals surface area contributed by atoms with Crippen molar-refractivity contribution in [2.45, 2.75) is 127 Å². The SMILES string of the molecule is O=C(Oc1ccc(OC(=O)c2ccc(OCCCCCCCCC(CC3CO3)C3CO3)cc2)c2ccccc12)c1ccc(OCCCCCCCCC(CC2CO2)C2CO2)cc1. The molecule has 4 heterocycles. The van der Waals surface area contributed by atoms with Crippen LogP contribution in [0.4, 0.5) is 0 Å². The summed E-state index contributed by atoms with van der Waals surface area (Å²) in [5, 5.41) is 1.32. The van der Waals surface area contributed by atoms with Crippen molar-refractivity contribution in [2.24, 2.45) is 11.8 Å². The molecule has 0 radical (unpaired) electrons. The van der Waals surface area contributed by atoms with E-state index in [4.69, 9.17) is 37.9 Å². The average molecular weight is 849 g/mol. The van der Waals surface area contributed by atoms with Gasteiger partial charge in [0, 0.05) is 10.8 Å². The van der Waals surface area contributed by atoms with Gasteiger partial charge in [0.25, 0.3) is 0 Å². The summed E-state index contributed by atoms with van der Waals surface area (Å²) in [6, 6.07) is 24.8. The molecular formula is C52H64O10. The molecule has 4 aliphatic rings. The van der Waals surface area contributed by atoms with Crippen LogP contribution >= 0.6 is 0 Å². The molecule has 10 nitrogen and oxygen atoms in total. The fourth-order valence-electron chi connectivity index (χ4n) is 8.58. The molecule has 0 spiro atoms. The number of epoxide rings is 4. The van der Waals surface area contributed by atoms with E-state index in [1.807, 2.05) is 24.3 Å². The van der Waals surface area contributed by atoms with E-state index in [2.05, 4.69) is 0 Å². The van der Waals surface area contributed by atoms with Crippen molar-refractivity contribution in [3.63, 3.8) is 0 Å². The molecule has 0 aromatic heterocycles. The van der Waals surface area contributed by atoms with E-state index in [9.17, 15) is 9.59 Å². The van der Waals surface area contributed by atoms with Crippen molar-refractivity contribution in [2.75, 3.05) is 39.6 Å². The molecular weight excluding hydrogens is 785 g/mol. The smallest absolute Gasteiger partial charge is 0.343 e. The number of carbonyl (C=O) groups is 2. The van der Waals surface area contributed by atoms with E-state index in [-0.39, 0.29) is 0 Å². The minimum absolute atomic E-state index is 0.379. The minimum Gasteiger partial charge on any atom is -0.494 e. The van der Waals surface area contributed by atoms with Gasteiger partial charge >= 0.3 is 11.9 Å². The summed E-state index contributed by atoms with van der Waals surface area (Å²) in [7, 11) is 0. The molecule has 6 atom stereocenters. The summed E-state index contributed by atoms with van der Waals surface area (Å²) in [5.41, 5.74) is 0.832. The van der Waals surface area contributed by atoms with Crippen LogP contribution in [0.2, 0.25) is 0 Å². The third kappa shape index (κ3) is 14.3. The van der Waals surface area contributed by atoms with Crippen LogP contribution in [0.3, 0.4) is 0 Å². The Hall–Kier alpha value is -4.48. The molecule has 62 heavy (non-hydrogen) atoms. The summed E-state index contributed by atoms with van der Waals surface area (Å²) in [6.45, 7) is 5.02. The number of benzene rings is 4. The average Bonchev–Trinajstić information content (AvgIpc) is 4.08. The number of unbranched alkanes of at least 4 members (excludes halogenated alkanes) is 10. The molecule has 4 saturated heterocycles. The highest BCUT2D eigenvalue weighted by Crippen LogP contribution is 2.36. The Labute approximate surface area is 366 Å². The predicted molar refractivity (Wildman–Crippen MR) is 238 cm³/mol. The third-order valence-electron chi connectivity index (χ3n) is 12.6. The van der Waals surface area contributed by atoms with Gasteiger partial charge in [-0.05, 0) is 111 Å². The van der Waals surface area contributed by atoms with Crippen LogP contribution in [0.1, 0.15) is 123 Å². The summed E-state index contributed by atoms with van der Waals surface area (Å²) in [5.74, 6) is 2.60. The number of carbonyl (C=O) groups excluding carboxylic acids is 2. The number of hydrogen-bond acceptors (Lipinski definition) is 10. The van der Waals surface area contributed by atoms with E-state index >= 15 is 0 Å². The monoisotopic (exact) mass is 848 g/mol. The van der Waals surface area contributed by atoms with Crippen molar-refractivity contribution >= 4 is 22.7 Å². The maximum atomic E-state index is 13.2. The molecule has 0 N–H and O–H groups in total. The molecule has 4 aliphatic heterocycles. The Morgan fingerprint density at radius 3 is 1.21 bits per heavy atom. The minimum atomic E-state index is -0.482. The quantitative estimate of drug-likeness (QED) is 0.0217. The zero-order valence-electron chi connectivity index (χ0n) is 36.2. The van der Waals surface area contributed by atoms with E-state index < -0.39 is 11.9 Å². The van der Waals surface area contributed by atoms with Gasteiger partial charge in [-0.3, -0.25) is 0 Å². The Kier molecular flexibility index (Phi) is 16.2. The highest BCUT2D eigenvalue weighted by Gasteiger charge is 2.38. The number of esters is 2. The second kappa shape index (κ2) is 22.7. The highest BCUT2D eigenvalue weighted by atomic mass is 16.6. The van der Waals surface area contributed by atoms with Crippen LogP contribution in [-0.4, -0.2) is 76.0 Å². The molecule has 0 aliphatic carbocycles. The van der Waals surface area contributed by atoms with Crippen LogP contribution < -0.4 is 18.9 Å². The van der Waals surface area contributed by atoms with Gasteiger partial charge in [0.05, 0.1) is 75.2 Å². The molecule has 4 fully saturated rings. The molecule has 4 aromatic rings. The number of fused-ring (bicyclic) bond motifs is 1. The highest BCUT2D eigenvalue weighted by molar-refractivity contribution is 6.00. The summed E-state index contributed by atoms with van der Waals surface area (Å²) in [6.07, 6.45) is 21.0. The lowest BCUT2D eigenvalue weighted by Crippen LogP contribution is -2.11. The lowest BCUT2D eigenvalue weighted by atomic mass is 9.93. The first-order valence-corrected chi connectivity index (χ1v) is 23.4. The van der Waals surface area contributed by atoms with Crippen LogP contribution in [-0.2, 0) is 18.9 Å². The standard InChI is InChI=1S/C52H64O10/c53-51(37-19-23-41(24-20-37)55-29-13-7-3-1-5-9-15-39(49-35-59-49)31-43-33-57-43)61-47-27-28-48(46-18-12-11-17-45(46)47)62-52(54)38-21-25-42(26-22-38)56-30-14-8-4-2-6-10-16-40(50-36-60-50)32-44-34-58-44/h11-12,17-28,39-40,43-44,49-50H,1-10,13-16,29-36H2. The topological polar surface area (TPSA) is 121 Å². The number of hydrogen-bond donors (Lipinski definition) is 0. The van der Waals surface area contributed by atoms with Gasteiger partial charge in [-0.1, -0.05) is 88.5 Å².